The maximum atomic E-state index is 12.8. The maximum absolute atomic E-state index is 12.8. The second kappa shape index (κ2) is 10.2. The van der Waals surface area contributed by atoms with E-state index in [0.717, 1.165) is 19.6 Å². The molecule has 0 aromatic heterocycles. The van der Waals surface area contributed by atoms with Crippen molar-refractivity contribution in [3.05, 3.63) is 47.5 Å². The SMILES string of the molecule is CC1Oc2ccc(NC(=O)COc3ccccc3Cl)cc2N(CCN2CCOCC2)C1=O. The third kappa shape index (κ3) is 5.32. The number of benzene rings is 2. The minimum atomic E-state index is -0.559. The van der Waals surface area contributed by atoms with Crippen LogP contribution in [0.2, 0.25) is 5.02 Å². The third-order valence-corrected chi connectivity index (χ3v) is 5.70. The average Bonchev–Trinajstić information content (AvgIpc) is 2.80. The van der Waals surface area contributed by atoms with Crippen molar-refractivity contribution in [1.29, 1.82) is 0 Å². The maximum Gasteiger partial charge on any atom is 0.267 e. The van der Waals surface area contributed by atoms with Gasteiger partial charge in [-0.2, -0.15) is 0 Å². The summed E-state index contributed by atoms with van der Waals surface area (Å²) in [5.74, 6) is 0.624. The van der Waals surface area contributed by atoms with E-state index >= 15 is 0 Å². The van der Waals surface area contributed by atoms with Crippen molar-refractivity contribution in [2.45, 2.75) is 13.0 Å². The average molecular weight is 460 g/mol. The number of morpholine rings is 1. The molecule has 1 saturated heterocycles. The quantitative estimate of drug-likeness (QED) is 0.685. The van der Waals surface area contributed by atoms with Gasteiger partial charge in [0.2, 0.25) is 0 Å². The highest BCUT2D eigenvalue weighted by molar-refractivity contribution is 6.32. The number of hydrogen-bond acceptors (Lipinski definition) is 6. The molecule has 0 aliphatic carbocycles. The number of carbonyl (C=O) groups is 2. The molecule has 1 atom stereocenters. The summed E-state index contributed by atoms with van der Waals surface area (Å²) in [6.07, 6.45) is -0.559. The Morgan fingerprint density at radius 2 is 1.97 bits per heavy atom. The fourth-order valence-electron chi connectivity index (χ4n) is 3.68. The summed E-state index contributed by atoms with van der Waals surface area (Å²) in [6, 6.07) is 12.2. The molecule has 2 aliphatic heterocycles. The molecule has 0 spiro atoms. The van der Waals surface area contributed by atoms with Crippen molar-refractivity contribution >= 4 is 34.8 Å². The van der Waals surface area contributed by atoms with Gasteiger partial charge < -0.3 is 24.4 Å². The number of hydrogen-bond donors (Lipinski definition) is 1. The molecule has 0 radical (unpaired) electrons. The van der Waals surface area contributed by atoms with Crippen molar-refractivity contribution in [3.8, 4) is 11.5 Å². The Morgan fingerprint density at radius 1 is 1.19 bits per heavy atom. The molecule has 1 fully saturated rings. The Bertz CT molecular complexity index is 980. The van der Waals surface area contributed by atoms with Crippen LogP contribution in [0.4, 0.5) is 11.4 Å². The number of anilines is 2. The van der Waals surface area contributed by atoms with Crippen LogP contribution in [0.15, 0.2) is 42.5 Å². The Labute approximate surface area is 192 Å². The van der Waals surface area contributed by atoms with Gasteiger partial charge in [0.25, 0.3) is 11.8 Å². The Hall–Kier alpha value is -2.81. The molecule has 2 aromatic carbocycles. The Kier molecular flexibility index (Phi) is 7.14. The van der Waals surface area contributed by atoms with E-state index in [4.69, 9.17) is 25.8 Å². The lowest BCUT2D eigenvalue weighted by molar-refractivity contribution is -0.125. The highest BCUT2D eigenvalue weighted by Crippen LogP contribution is 2.36. The van der Waals surface area contributed by atoms with Crippen molar-refractivity contribution in [2.24, 2.45) is 0 Å². The van der Waals surface area contributed by atoms with Gasteiger partial charge in [0.15, 0.2) is 12.7 Å². The smallest absolute Gasteiger partial charge is 0.267 e. The third-order valence-electron chi connectivity index (χ3n) is 5.39. The lowest BCUT2D eigenvalue weighted by Gasteiger charge is -2.35. The molecule has 2 aromatic rings. The van der Waals surface area contributed by atoms with Crippen LogP contribution in [0.25, 0.3) is 0 Å². The molecule has 2 heterocycles. The zero-order valence-electron chi connectivity index (χ0n) is 17.9. The molecule has 1 unspecified atom stereocenters. The van der Waals surface area contributed by atoms with E-state index in [0.29, 0.717) is 47.7 Å². The molecule has 0 bridgehead atoms. The van der Waals surface area contributed by atoms with Gasteiger partial charge in [-0.3, -0.25) is 14.5 Å². The standard InChI is InChI=1S/C23H26ClN3O5/c1-16-23(29)27(9-8-26-10-12-30-13-11-26)19-14-17(6-7-21(19)32-16)25-22(28)15-31-20-5-3-2-4-18(20)24/h2-7,14,16H,8-13,15H2,1H3,(H,25,28). The minimum absolute atomic E-state index is 0.101. The van der Waals surface area contributed by atoms with Gasteiger partial charge in [0, 0.05) is 31.9 Å². The van der Waals surface area contributed by atoms with E-state index in [1.54, 1.807) is 54.3 Å². The molecule has 32 heavy (non-hydrogen) atoms. The number of ether oxygens (including phenoxy) is 3. The zero-order chi connectivity index (χ0) is 22.5. The van der Waals surface area contributed by atoms with Crippen LogP contribution in [0.5, 0.6) is 11.5 Å². The van der Waals surface area contributed by atoms with Crippen LogP contribution < -0.4 is 19.7 Å². The van der Waals surface area contributed by atoms with Gasteiger partial charge in [-0.25, -0.2) is 0 Å². The molecule has 2 aliphatic rings. The van der Waals surface area contributed by atoms with Gasteiger partial charge in [-0.1, -0.05) is 23.7 Å². The van der Waals surface area contributed by atoms with Crippen LogP contribution in [0.1, 0.15) is 6.92 Å². The molecule has 170 valence electrons. The summed E-state index contributed by atoms with van der Waals surface area (Å²) in [7, 11) is 0. The van der Waals surface area contributed by atoms with E-state index in [1.807, 2.05) is 0 Å². The fourth-order valence-corrected chi connectivity index (χ4v) is 3.87. The summed E-state index contributed by atoms with van der Waals surface area (Å²) in [6.45, 7) is 5.94. The summed E-state index contributed by atoms with van der Waals surface area (Å²) in [5, 5.41) is 3.25. The summed E-state index contributed by atoms with van der Waals surface area (Å²) in [5.41, 5.74) is 1.20. The van der Waals surface area contributed by atoms with Crippen LogP contribution >= 0.6 is 11.6 Å². The number of rotatable bonds is 7. The summed E-state index contributed by atoms with van der Waals surface area (Å²) < 4.78 is 16.7. The first-order chi connectivity index (χ1) is 15.5. The fraction of sp³-hybridized carbons (Fsp3) is 0.391. The molecular formula is C23H26ClN3O5. The van der Waals surface area contributed by atoms with Gasteiger partial charge in [0.05, 0.1) is 23.9 Å². The number of carbonyl (C=O) groups excluding carboxylic acids is 2. The lowest BCUT2D eigenvalue weighted by atomic mass is 10.1. The van der Waals surface area contributed by atoms with Crippen LogP contribution in [-0.2, 0) is 14.3 Å². The highest BCUT2D eigenvalue weighted by Gasteiger charge is 2.32. The number of nitrogens with zero attached hydrogens (tertiary/aromatic N) is 2. The molecule has 9 heteroatoms. The van der Waals surface area contributed by atoms with E-state index in [1.165, 1.54) is 0 Å². The predicted molar refractivity (Wildman–Crippen MR) is 122 cm³/mol. The molecular weight excluding hydrogens is 434 g/mol. The molecule has 0 saturated carbocycles. The number of para-hydroxylation sites is 1. The van der Waals surface area contributed by atoms with E-state index in [2.05, 4.69) is 10.2 Å². The van der Waals surface area contributed by atoms with E-state index in [-0.39, 0.29) is 18.4 Å². The summed E-state index contributed by atoms with van der Waals surface area (Å²) in [4.78, 5) is 29.2. The normalized spacial score (nSPS) is 18.6. The second-order valence-corrected chi connectivity index (χ2v) is 8.06. The van der Waals surface area contributed by atoms with E-state index in [9.17, 15) is 9.59 Å². The predicted octanol–water partition coefficient (Wildman–Crippen LogP) is 2.80. The van der Waals surface area contributed by atoms with Gasteiger partial charge in [-0.15, -0.1) is 0 Å². The molecule has 4 rings (SSSR count). The first-order valence-electron chi connectivity index (χ1n) is 10.6. The van der Waals surface area contributed by atoms with Crippen LogP contribution in [0, 0.1) is 0 Å². The van der Waals surface area contributed by atoms with E-state index < -0.39 is 6.10 Å². The zero-order valence-corrected chi connectivity index (χ0v) is 18.6. The monoisotopic (exact) mass is 459 g/mol. The number of halogens is 1. The first-order valence-corrected chi connectivity index (χ1v) is 11.0. The summed E-state index contributed by atoms with van der Waals surface area (Å²) >= 11 is 6.06. The molecule has 1 N–H and O–H groups in total. The van der Waals surface area contributed by atoms with Crippen molar-refractivity contribution in [1.82, 2.24) is 4.90 Å². The van der Waals surface area contributed by atoms with Crippen LogP contribution in [0.3, 0.4) is 0 Å². The highest BCUT2D eigenvalue weighted by atomic mass is 35.5. The number of nitrogens with one attached hydrogen (secondary N) is 1. The Morgan fingerprint density at radius 3 is 2.75 bits per heavy atom. The molecule has 2 amide bonds. The van der Waals surface area contributed by atoms with Gasteiger partial charge >= 0.3 is 0 Å². The Balaban J connectivity index is 1.42. The molecule has 8 nitrogen and oxygen atoms in total. The van der Waals surface area contributed by atoms with Gasteiger partial charge in [0.1, 0.15) is 11.5 Å². The topological polar surface area (TPSA) is 80.3 Å². The largest absolute Gasteiger partial charge is 0.482 e. The second-order valence-electron chi connectivity index (χ2n) is 7.65. The van der Waals surface area contributed by atoms with Crippen molar-refractivity contribution in [3.63, 3.8) is 0 Å². The number of amides is 2. The van der Waals surface area contributed by atoms with Crippen molar-refractivity contribution in [2.75, 3.05) is 56.2 Å². The minimum Gasteiger partial charge on any atom is -0.482 e. The van der Waals surface area contributed by atoms with Crippen molar-refractivity contribution < 1.29 is 23.8 Å². The van der Waals surface area contributed by atoms with Gasteiger partial charge in [-0.05, 0) is 37.3 Å². The first kappa shape index (κ1) is 22.4. The number of fused-ring (bicyclic) bond motifs is 1. The lowest BCUT2D eigenvalue weighted by Crippen LogP contribution is -2.48. The van der Waals surface area contributed by atoms with Crippen LogP contribution in [-0.4, -0.2) is 68.8 Å².